The number of halogens is 4. The van der Waals surface area contributed by atoms with E-state index in [1.807, 2.05) is 0 Å². The zero-order valence-electron chi connectivity index (χ0n) is 29.7. The third-order valence-corrected chi connectivity index (χ3v) is 12.3. The van der Waals surface area contributed by atoms with E-state index in [0.717, 1.165) is 25.8 Å². The summed E-state index contributed by atoms with van der Waals surface area (Å²) in [6.07, 6.45) is -6.57. The highest BCUT2D eigenvalue weighted by Crippen LogP contribution is 2.48. The first-order chi connectivity index (χ1) is 23.2. The lowest BCUT2D eigenvalue weighted by atomic mass is 9.99. The summed E-state index contributed by atoms with van der Waals surface area (Å²) in [5, 5.41) is 0. The second kappa shape index (κ2) is 14.2. The molecule has 1 saturated carbocycles. The quantitative estimate of drug-likeness (QED) is 0.0788. The largest absolute Gasteiger partial charge is 0.414 e. The molecule has 1 aromatic heterocycles. The van der Waals surface area contributed by atoms with Crippen molar-refractivity contribution in [3.63, 3.8) is 0 Å². The van der Waals surface area contributed by atoms with Gasteiger partial charge >= 0.3 is 6.18 Å². The number of nitrogens with one attached hydrogen (secondary N) is 1. The van der Waals surface area contributed by atoms with Gasteiger partial charge in [-0.05, 0) is 89.3 Å². The van der Waals surface area contributed by atoms with Crippen molar-refractivity contribution in [1.82, 2.24) is 19.2 Å². The minimum absolute atomic E-state index is 0.0260. The molecule has 0 saturated heterocycles. The van der Waals surface area contributed by atoms with Crippen LogP contribution in [-0.2, 0) is 27.2 Å². The average molecular weight is 739 g/mol. The zero-order chi connectivity index (χ0) is 36.9. The van der Waals surface area contributed by atoms with Crippen LogP contribution in [0.1, 0.15) is 91.6 Å². The number of imide groups is 1. The maximum atomic E-state index is 16.5. The van der Waals surface area contributed by atoms with E-state index in [4.69, 9.17) is 14.5 Å². The summed E-state index contributed by atoms with van der Waals surface area (Å²) < 4.78 is 85.9. The molecule has 2 aromatic carbocycles. The molecule has 1 fully saturated rings. The Labute approximate surface area is 293 Å². The van der Waals surface area contributed by atoms with E-state index in [9.17, 15) is 27.0 Å². The normalized spacial score (nSPS) is 18.8. The minimum Gasteiger partial charge on any atom is -0.364 e. The van der Waals surface area contributed by atoms with Gasteiger partial charge < -0.3 is 9.47 Å². The van der Waals surface area contributed by atoms with Crippen molar-refractivity contribution in [3.8, 4) is 0 Å². The second-order valence-corrected chi connectivity index (χ2v) is 23.0. The summed E-state index contributed by atoms with van der Waals surface area (Å²) >= 11 is 0. The van der Waals surface area contributed by atoms with Crippen molar-refractivity contribution < 1.29 is 40.8 Å². The predicted molar refractivity (Wildman–Crippen MR) is 186 cm³/mol. The molecule has 2 aliphatic rings. The smallest absolute Gasteiger partial charge is 0.364 e. The number of rotatable bonds is 14. The summed E-state index contributed by atoms with van der Waals surface area (Å²) in [6, 6.07) is 8.34. The Morgan fingerprint density at radius 3 is 2.16 bits per heavy atom. The number of aromatic nitrogens is 2. The van der Waals surface area contributed by atoms with E-state index in [0.29, 0.717) is 12.2 Å². The van der Waals surface area contributed by atoms with Crippen LogP contribution in [-0.4, -0.2) is 68.3 Å². The number of ether oxygens (including phenoxy) is 2. The first-order valence-corrected chi connectivity index (χ1v) is 21.7. The molecular weight excluding hydrogens is 693 g/mol. The van der Waals surface area contributed by atoms with Gasteiger partial charge in [-0.15, -0.1) is 0 Å². The molecule has 1 aliphatic carbocycles. The van der Waals surface area contributed by atoms with Gasteiger partial charge in [-0.1, -0.05) is 31.8 Å². The number of benzene rings is 2. The van der Waals surface area contributed by atoms with Crippen LogP contribution in [0.4, 0.5) is 17.6 Å². The van der Waals surface area contributed by atoms with Gasteiger partial charge in [-0.3, -0.25) is 19.1 Å². The van der Waals surface area contributed by atoms with Crippen LogP contribution >= 0.6 is 0 Å². The first-order valence-electron chi connectivity index (χ1n) is 16.8. The van der Waals surface area contributed by atoms with E-state index in [1.165, 1.54) is 22.5 Å². The Bertz CT molecular complexity index is 1750. The summed E-state index contributed by atoms with van der Waals surface area (Å²) in [6.45, 7) is 14.2. The van der Waals surface area contributed by atoms with E-state index < -0.39 is 71.9 Å². The van der Waals surface area contributed by atoms with Gasteiger partial charge in [0.15, 0.2) is 6.10 Å². The maximum Gasteiger partial charge on any atom is 0.414 e. The highest BCUT2D eigenvalue weighted by Gasteiger charge is 2.47. The predicted octanol–water partition coefficient (Wildman–Crippen LogP) is 7.68. The van der Waals surface area contributed by atoms with E-state index in [2.05, 4.69) is 24.4 Å². The molecule has 3 aromatic rings. The van der Waals surface area contributed by atoms with Crippen LogP contribution < -0.4 is 4.72 Å². The summed E-state index contributed by atoms with van der Waals surface area (Å²) in [7, 11) is -3.30. The number of alkyl halides is 3. The fourth-order valence-electron chi connectivity index (χ4n) is 5.96. The summed E-state index contributed by atoms with van der Waals surface area (Å²) in [4.78, 5) is 33.0. The van der Waals surface area contributed by atoms with Crippen LogP contribution in [0, 0.1) is 11.7 Å². The topological polar surface area (TPSA) is 103 Å². The van der Waals surface area contributed by atoms with Gasteiger partial charge in [-0.25, -0.2) is 18.3 Å². The molecule has 5 rings (SSSR count). The lowest BCUT2D eigenvalue weighted by molar-refractivity contribution is -0.227. The third-order valence-electron chi connectivity index (χ3n) is 9.00. The molecule has 2 heterocycles. The molecule has 2 amide bonds. The Hall–Kier alpha value is -2.98. The zero-order valence-corrected chi connectivity index (χ0v) is 31.5. The first kappa shape index (κ1) is 38.3. The van der Waals surface area contributed by atoms with E-state index in [1.54, 1.807) is 51.1 Å². The number of hydrogen-bond donors (Lipinski definition) is 1. The van der Waals surface area contributed by atoms with Gasteiger partial charge in [0.1, 0.15) is 29.9 Å². The molecule has 0 bridgehead atoms. The second-order valence-electron chi connectivity index (χ2n) is 15.4. The standard InChI is InChI=1S/C35H46F4N4O5SSi/c1-20(48-21(2)35(37,38)39)28(41-49(46)34(3,4)5)31-40-27-18-23(17-26(36)30(27)42(31)19-47-15-16-50(6,7)8)29(22-13-14-22)43-32(44)24-11-9-10-12-25(24)33(43)45/h9-12,17-18,20-22,28-29,41H,13-16,19H2,1-8H3/t20-,21-,28+,29-,49?/m1/s1. The number of fused-ring (bicyclic) bond motifs is 2. The van der Waals surface area contributed by atoms with Crippen molar-refractivity contribution in [2.75, 3.05) is 6.61 Å². The highest BCUT2D eigenvalue weighted by molar-refractivity contribution is 7.84. The molecule has 15 heteroatoms. The Balaban J connectivity index is 1.62. The number of carbonyl (C=O) groups excluding carboxylic acids is 2. The third kappa shape index (κ3) is 8.22. The molecule has 1 N–H and O–H groups in total. The fraction of sp³-hybridized carbons (Fsp3) is 0.571. The molecule has 50 heavy (non-hydrogen) atoms. The van der Waals surface area contributed by atoms with Crippen LogP contribution in [0.15, 0.2) is 36.4 Å². The van der Waals surface area contributed by atoms with Gasteiger partial charge in [0.05, 0.1) is 44.5 Å². The highest BCUT2D eigenvalue weighted by atomic mass is 32.2. The van der Waals surface area contributed by atoms with Gasteiger partial charge in [0.25, 0.3) is 11.8 Å². The molecule has 9 nitrogen and oxygen atoms in total. The van der Waals surface area contributed by atoms with Crippen molar-refractivity contribution in [2.24, 2.45) is 5.92 Å². The lowest BCUT2D eigenvalue weighted by Crippen LogP contribution is -2.43. The Morgan fingerprint density at radius 2 is 1.64 bits per heavy atom. The molecule has 0 spiro atoms. The molecular formula is C35H46F4N4O5SSi. The molecule has 1 unspecified atom stereocenters. The number of imidazole rings is 1. The number of carbonyl (C=O) groups is 2. The average Bonchev–Trinajstić information content (AvgIpc) is 3.73. The van der Waals surface area contributed by atoms with Crippen molar-refractivity contribution >= 4 is 41.9 Å². The number of hydrogen-bond acceptors (Lipinski definition) is 6. The van der Waals surface area contributed by atoms with Gasteiger partial charge in [-0.2, -0.15) is 13.2 Å². The minimum atomic E-state index is -4.66. The summed E-state index contributed by atoms with van der Waals surface area (Å²) in [5.41, 5.74) is 1.12. The lowest BCUT2D eigenvalue weighted by Gasteiger charge is -2.30. The monoisotopic (exact) mass is 738 g/mol. The summed E-state index contributed by atoms with van der Waals surface area (Å²) in [5.74, 6) is -1.62. The van der Waals surface area contributed by atoms with Crippen LogP contribution in [0.3, 0.4) is 0 Å². The molecule has 5 atom stereocenters. The van der Waals surface area contributed by atoms with Crippen molar-refractivity contribution in [2.45, 2.75) is 115 Å². The van der Waals surface area contributed by atoms with Gasteiger partial charge in [0, 0.05) is 14.7 Å². The van der Waals surface area contributed by atoms with E-state index >= 15 is 4.39 Å². The Kier molecular flexibility index (Phi) is 10.9. The van der Waals surface area contributed by atoms with Crippen molar-refractivity contribution in [3.05, 3.63) is 64.7 Å². The van der Waals surface area contributed by atoms with Crippen LogP contribution in [0.2, 0.25) is 25.7 Å². The van der Waals surface area contributed by atoms with Crippen molar-refractivity contribution in [1.29, 1.82) is 0 Å². The Morgan fingerprint density at radius 1 is 1.04 bits per heavy atom. The van der Waals surface area contributed by atoms with Crippen LogP contribution in [0.25, 0.3) is 11.0 Å². The number of amides is 2. The van der Waals surface area contributed by atoms with Gasteiger partial charge in [0.2, 0.25) is 0 Å². The fourth-order valence-corrected chi connectivity index (χ4v) is 7.60. The SMILES string of the molecule is C[C@@H](O[C@H](C)C(F)(F)F)[C@H](NS(=O)C(C)(C)C)c1nc2cc([C@@H](C3CC3)N3C(=O)c4ccccc4C3=O)cc(F)c2n1COCC[Si](C)(C)C. The molecule has 0 radical (unpaired) electrons. The molecule has 274 valence electrons. The molecule has 1 aliphatic heterocycles. The number of nitrogens with zero attached hydrogens (tertiary/aromatic N) is 3. The van der Waals surface area contributed by atoms with Crippen LogP contribution in [0.5, 0.6) is 0 Å². The maximum absolute atomic E-state index is 16.5. The van der Waals surface area contributed by atoms with E-state index in [-0.39, 0.29) is 40.6 Å².